The number of hydrogen-bond acceptors (Lipinski definition) is 4. The van der Waals surface area contributed by atoms with Gasteiger partial charge in [-0.05, 0) is 32.0 Å². The number of benzene rings is 1. The normalized spacial score (nSPS) is 14.6. The molecule has 5 nitrogen and oxygen atoms in total. The second-order valence-electron chi connectivity index (χ2n) is 4.12. The van der Waals surface area contributed by atoms with Gasteiger partial charge in [0, 0.05) is 18.4 Å². The molecule has 1 amide bonds. The molecular formula is C14H18N2O3. The van der Waals surface area contributed by atoms with Crippen molar-refractivity contribution in [2.75, 3.05) is 13.2 Å². The van der Waals surface area contributed by atoms with Gasteiger partial charge in [0.25, 0.3) is 0 Å². The Balaban J connectivity index is 2.27. The van der Waals surface area contributed by atoms with Gasteiger partial charge in [0.2, 0.25) is 5.91 Å². The number of nitrogens with one attached hydrogen (secondary N) is 1. The van der Waals surface area contributed by atoms with E-state index >= 15 is 0 Å². The highest BCUT2D eigenvalue weighted by atomic mass is 16.5. The van der Waals surface area contributed by atoms with Crippen LogP contribution in [0.4, 0.5) is 0 Å². The van der Waals surface area contributed by atoms with E-state index in [-0.39, 0.29) is 5.91 Å². The summed E-state index contributed by atoms with van der Waals surface area (Å²) in [5.74, 6) is 1.40. The number of nitrogens with zero attached hydrogens (tertiary/aromatic N) is 1. The number of carbonyl (C=O) groups excluding carboxylic acids is 1. The van der Waals surface area contributed by atoms with E-state index in [0.717, 1.165) is 17.0 Å². The van der Waals surface area contributed by atoms with Crippen LogP contribution in [0.5, 0.6) is 11.5 Å². The molecule has 0 atom stereocenters. The minimum absolute atomic E-state index is 0.0419. The van der Waals surface area contributed by atoms with Crippen LogP contribution in [0, 0.1) is 0 Å². The van der Waals surface area contributed by atoms with Crippen LogP contribution in [0.2, 0.25) is 0 Å². The molecule has 0 radical (unpaired) electrons. The molecule has 1 N–H and O–H groups in total. The van der Waals surface area contributed by atoms with Crippen LogP contribution < -0.4 is 14.9 Å². The molecule has 1 heterocycles. The van der Waals surface area contributed by atoms with Crippen LogP contribution in [0.3, 0.4) is 0 Å². The Morgan fingerprint density at radius 2 is 1.89 bits per heavy atom. The summed E-state index contributed by atoms with van der Waals surface area (Å²) in [7, 11) is 0. The first-order valence-corrected chi connectivity index (χ1v) is 6.50. The third-order valence-electron chi connectivity index (χ3n) is 2.78. The van der Waals surface area contributed by atoms with Gasteiger partial charge in [-0.15, -0.1) is 0 Å². The first-order valence-electron chi connectivity index (χ1n) is 6.50. The lowest BCUT2D eigenvalue weighted by atomic mass is 10.0. The van der Waals surface area contributed by atoms with Crippen LogP contribution in [-0.4, -0.2) is 24.8 Å². The molecular weight excluding hydrogens is 244 g/mol. The lowest BCUT2D eigenvalue weighted by Crippen LogP contribution is -2.25. The molecule has 0 saturated heterocycles. The molecule has 19 heavy (non-hydrogen) atoms. The summed E-state index contributed by atoms with van der Waals surface area (Å²) in [6, 6.07) is 5.72. The predicted octanol–water partition coefficient (Wildman–Crippen LogP) is 2.10. The molecule has 0 saturated carbocycles. The molecule has 1 aliphatic rings. The van der Waals surface area contributed by atoms with Crippen molar-refractivity contribution in [3.05, 3.63) is 23.8 Å². The molecule has 0 aliphatic carbocycles. The molecule has 0 fully saturated rings. The summed E-state index contributed by atoms with van der Waals surface area (Å²) in [5.41, 5.74) is 4.31. The van der Waals surface area contributed by atoms with Gasteiger partial charge in [-0.25, -0.2) is 5.43 Å². The van der Waals surface area contributed by atoms with Crippen LogP contribution >= 0.6 is 0 Å². The summed E-state index contributed by atoms with van der Waals surface area (Å²) >= 11 is 0. The Morgan fingerprint density at radius 3 is 2.53 bits per heavy atom. The van der Waals surface area contributed by atoms with E-state index < -0.39 is 0 Å². The Bertz CT molecular complexity index is 497. The smallest absolute Gasteiger partial charge is 0.240 e. The maximum Gasteiger partial charge on any atom is 0.240 e. The third kappa shape index (κ3) is 3.24. The molecule has 0 bridgehead atoms. The van der Waals surface area contributed by atoms with E-state index in [1.54, 1.807) is 0 Å². The van der Waals surface area contributed by atoms with E-state index in [1.807, 2.05) is 32.0 Å². The van der Waals surface area contributed by atoms with Crippen LogP contribution in [0.15, 0.2) is 23.3 Å². The minimum atomic E-state index is -0.0419. The van der Waals surface area contributed by atoms with E-state index in [4.69, 9.17) is 9.47 Å². The third-order valence-corrected chi connectivity index (χ3v) is 2.78. The maximum atomic E-state index is 11.1. The Kier molecular flexibility index (Phi) is 4.39. The second-order valence-corrected chi connectivity index (χ2v) is 4.12. The van der Waals surface area contributed by atoms with Crippen LogP contribution in [-0.2, 0) is 4.79 Å². The Hall–Kier alpha value is -2.04. The van der Waals surface area contributed by atoms with Gasteiger partial charge in [-0.1, -0.05) is 0 Å². The Labute approximate surface area is 112 Å². The number of hydrogen-bond donors (Lipinski definition) is 1. The van der Waals surface area contributed by atoms with E-state index in [1.165, 1.54) is 0 Å². The van der Waals surface area contributed by atoms with E-state index in [2.05, 4.69) is 10.5 Å². The number of hydrazone groups is 1. The monoisotopic (exact) mass is 262 g/mol. The quantitative estimate of drug-likeness (QED) is 0.884. The molecule has 0 unspecified atom stereocenters. The number of amides is 1. The van der Waals surface area contributed by atoms with Crippen molar-refractivity contribution < 1.29 is 14.3 Å². The van der Waals surface area contributed by atoms with Gasteiger partial charge in [-0.2, -0.15) is 5.10 Å². The highest BCUT2D eigenvalue weighted by molar-refractivity contribution is 6.04. The SMILES string of the molecule is CCOc1ccc(C2=NNC(=O)CC2)cc1OCC. The molecule has 5 heteroatoms. The average Bonchev–Trinajstić information content (AvgIpc) is 2.42. The van der Waals surface area contributed by atoms with Crippen molar-refractivity contribution in [1.29, 1.82) is 0 Å². The molecule has 102 valence electrons. The first-order chi connectivity index (χ1) is 9.24. The molecule has 1 aromatic rings. The van der Waals surface area contributed by atoms with E-state index in [0.29, 0.717) is 31.8 Å². The zero-order valence-electron chi connectivity index (χ0n) is 11.2. The summed E-state index contributed by atoms with van der Waals surface area (Å²) in [4.78, 5) is 11.1. The number of ether oxygens (including phenoxy) is 2. The summed E-state index contributed by atoms with van der Waals surface area (Å²) in [6.07, 6.45) is 1.11. The molecule has 0 spiro atoms. The fraction of sp³-hybridized carbons (Fsp3) is 0.429. The van der Waals surface area contributed by atoms with Crippen molar-refractivity contribution in [3.8, 4) is 11.5 Å². The number of carbonyl (C=O) groups is 1. The van der Waals surface area contributed by atoms with Gasteiger partial charge < -0.3 is 9.47 Å². The first kappa shape index (κ1) is 13.4. The van der Waals surface area contributed by atoms with Crippen molar-refractivity contribution in [3.63, 3.8) is 0 Å². The van der Waals surface area contributed by atoms with Gasteiger partial charge >= 0.3 is 0 Å². The predicted molar refractivity (Wildman–Crippen MR) is 72.7 cm³/mol. The van der Waals surface area contributed by atoms with Crippen molar-refractivity contribution in [2.45, 2.75) is 26.7 Å². The molecule has 2 rings (SSSR count). The number of rotatable bonds is 5. The van der Waals surface area contributed by atoms with Gasteiger partial charge in [-0.3, -0.25) is 4.79 Å². The largest absolute Gasteiger partial charge is 0.490 e. The standard InChI is InChI=1S/C14H18N2O3/c1-3-18-12-7-5-10(9-13(12)19-4-2)11-6-8-14(17)16-15-11/h5,7,9H,3-4,6,8H2,1-2H3,(H,16,17). The fourth-order valence-corrected chi connectivity index (χ4v) is 1.91. The van der Waals surface area contributed by atoms with Gasteiger partial charge in [0.05, 0.1) is 18.9 Å². The second kappa shape index (κ2) is 6.22. The average molecular weight is 262 g/mol. The molecule has 1 aromatic carbocycles. The van der Waals surface area contributed by atoms with Crippen molar-refractivity contribution in [1.82, 2.24) is 5.43 Å². The van der Waals surface area contributed by atoms with Crippen molar-refractivity contribution >= 4 is 11.6 Å². The van der Waals surface area contributed by atoms with Gasteiger partial charge in [0.15, 0.2) is 11.5 Å². The fourth-order valence-electron chi connectivity index (χ4n) is 1.91. The maximum absolute atomic E-state index is 11.1. The lowest BCUT2D eigenvalue weighted by molar-refractivity contribution is -0.121. The van der Waals surface area contributed by atoms with Crippen molar-refractivity contribution in [2.24, 2.45) is 5.10 Å². The minimum Gasteiger partial charge on any atom is -0.490 e. The zero-order chi connectivity index (χ0) is 13.7. The van der Waals surface area contributed by atoms with E-state index in [9.17, 15) is 4.79 Å². The van der Waals surface area contributed by atoms with Crippen LogP contribution in [0.25, 0.3) is 0 Å². The summed E-state index contributed by atoms with van der Waals surface area (Å²) < 4.78 is 11.1. The topological polar surface area (TPSA) is 59.9 Å². The lowest BCUT2D eigenvalue weighted by Gasteiger charge is -2.15. The molecule has 0 aromatic heterocycles. The Morgan fingerprint density at radius 1 is 1.16 bits per heavy atom. The highest BCUT2D eigenvalue weighted by Crippen LogP contribution is 2.29. The van der Waals surface area contributed by atoms with Crippen LogP contribution in [0.1, 0.15) is 32.3 Å². The van der Waals surface area contributed by atoms with Gasteiger partial charge in [0.1, 0.15) is 0 Å². The summed E-state index contributed by atoms with van der Waals surface area (Å²) in [5, 5.41) is 4.08. The highest BCUT2D eigenvalue weighted by Gasteiger charge is 2.15. The summed E-state index contributed by atoms with van der Waals surface area (Å²) in [6.45, 7) is 5.04. The zero-order valence-corrected chi connectivity index (χ0v) is 11.2. The molecule has 1 aliphatic heterocycles.